The quantitative estimate of drug-likeness (QED) is 0.872. The Hall–Kier alpha value is -1.59. The minimum Gasteiger partial charge on any atom is -0.467 e. The van der Waals surface area contributed by atoms with E-state index in [2.05, 4.69) is 5.32 Å². The van der Waals surface area contributed by atoms with Crippen LogP contribution in [0.15, 0.2) is 18.2 Å². The molecule has 1 amide bonds. The Labute approximate surface area is 125 Å². The third-order valence-electron chi connectivity index (χ3n) is 4.35. The van der Waals surface area contributed by atoms with Crippen molar-refractivity contribution in [2.45, 2.75) is 39.9 Å². The average molecular weight is 293 g/mol. The Morgan fingerprint density at radius 2 is 2.29 bits per heavy atom. The Morgan fingerprint density at radius 1 is 1.52 bits per heavy atom. The molecule has 5 heteroatoms. The van der Waals surface area contributed by atoms with Gasteiger partial charge in [0.25, 0.3) is 5.91 Å². The Balaban J connectivity index is 2.04. The van der Waals surface area contributed by atoms with Gasteiger partial charge in [0.1, 0.15) is 5.75 Å². The number of carbonyl (C=O) groups is 1. The Kier molecular flexibility index (Phi) is 4.85. The maximum Gasteiger partial charge on any atom is 0.251 e. The molecule has 0 aromatic heterocycles. The van der Waals surface area contributed by atoms with Crippen LogP contribution in [0.4, 0.5) is 0 Å². The number of fused-ring (bicyclic) bond motifs is 1. The van der Waals surface area contributed by atoms with Crippen molar-refractivity contribution in [3.8, 4) is 5.75 Å². The van der Waals surface area contributed by atoms with Gasteiger partial charge in [0, 0.05) is 23.1 Å². The second-order valence-electron chi connectivity index (χ2n) is 5.80. The number of aliphatic hydroxyl groups excluding tert-OH is 1. The standard InChI is InChI=1S/C16H23NO4/c1-4-16(3,11(2)18)9-17-15(19)12-5-6-14-13(7-12)8-20-10-21-14/h5-7,11,18H,4,8-10H2,1-3H3,(H,17,19)/t11-,16+/m0/s1. The number of hydrogen-bond donors (Lipinski definition) is 2. The molecule has 0 saturated heterocycles. The molecule has 2 atom stereocenters. The van der Waals surface area contributed by atoms with Gasteiger partial charge in [0.05, 0.1) is 12.7 Å². The lowest BCUT2D eigenvalue weighted by Gasteiger charge is -2.31. The highest BCUT2D eigenvalue weighted by Gasteiger charge is 2.28. The van der Waals surface area contributed by atoms with E-state index < -0.39 is 6.10 Å². The van der Waals surface area contributed by atoms with Crippen LogP contribution in [-0.4, -0.2) is 30.5 Å². The highest BCUT2D eigenvalue weighted by atomic mass is 16.7. The zero-order chi connectivity index (χ0) is 15.5. The van der Waals surface area contributed by atoms with E-state index in [1.54, 1.807) is 25.1 Å². The molecule has 2 N–H and O–H groups in total. The zero-order valence-corrected chi connectivity index (χ0v) is 12.8. The van der Waals surface area contributed by atoms with E-state index in [0.29, 0.717) is 18.7 Å². The summed E-state index contributed by atoms with van der Waals surface area (Å²) in [5.74, 6) is 0.615. The third-order valence-corrected chi connectivity index (χ3v) is 4.35. The molecule has 0 bridgehead atoms. The summed E-state index contributed by atoms with van der Waals surface area (Å²) in [4.78, 5) is 12.2. The minimum atomic E-state index is -0.479. The molecule has 116 valence electrons. The van der Waals surface area contributed by atoms with E-state index in [9.17, 15) is 9.90 Å². The molecule has 2 rings (SSSR count). The second-order valence-corrected chi connectivity index (χ2v) is 5.80. The number of hydrogen-bond acceptors (Lipinski definition) is 4. The number of ether oxygens (including phenoxy) is 2. The van der Waals surface area contributed by atoms with Crippen LogP contribution in [-0.2, 0) is 11.3 Å². The second kappa shape index (κ2) is 6.45. The summed E-state index contributed by atoms with van der Waals surface area (Å²) in [7, 11) is 0. The lowest BCUT2D eigenvalue weighted by molar-refractivity contribution is -0.0163. The van der Waals surface area contributed by atoms with E-state index in [-0.39, 0.29) is 18.1 Å². The SMILES string of the molecule is CC[C@](C)(CNC(=O)c1ccc2c(c1)COCO2)[C@H](C)O. The highest BCUT2D eigenvalue weighted by Crippen LogP contribution is 2.26. The van der Waals surface area contributed by atoms with Crippen molar-refractivity contribution < 1.29 is 19.4 Å². The van der Waals surface area contributed by atoms with Crippen molar-refractivity contribution in [1.29, 1.82) is 0 Å². The van der Waals surface area contributed by atoms with Crippen LogP contribution in [0.3, 0.4) is 0 Å². The third kappa shape index (κ3) is 3.54. The van der Waals surface area contributed by atoms with Crippen molar-refractivity contribution >= 4 is 5.91 Å². The van der Waals surface area contributed by atoms with Gasteiger partial charge >= 0.3 is 0 Å². The topological polar surface area (TPSA) is 67.8 Å². The number of amides is 1. The molecule has 0 aliphatic carbocycles. The van der Waals surface area contributed by atoms with Crippen molar-refractivity contribution in [3.63, 3.8) is 0 Å². The fraction of sp³-hybridized carbons (Fsp3) is 0.562. The van der Waals surface area contributed by atoms with Crippen molar-refractivity contribution in [3.05, 3.63) is 29.3 Å². The van der Waals surface area contributed by atoms with E-state index in [0.717, 1.165) is 17.7 Å². The molecule has 0 saturated carbocycles. The molecule has 1 aromatic rings. The first-order chi connectivity index (χ1) is 9.96. The monoisotopic (exact) mass is 293 g/mol. The van der Waals surface area contributed by atoms with Gasteiger partial charge in [-0.2, -0.15) is 0 Å². The zero-order valence-electron chi connectivity index (χ0n) is 12.8. The van der Waals surface area contributed by atoms with E-state index >= 15 is 0 Å². The maximum absolute atomic E-state index is 12.2. The van der Waals surface area contributed by atoms with Gasteiger partial charge in [0.15, 0.2) is 6.79 Å². The Bertz CT molecular complexity index is 515. The van der Waals surface area contributed by atoms with Gasteiger partial charge in [0.2, 0.25) is 0 Å². The van der Waals surface area contributed by atoms with Crippen molar-refractivity contribution in [1.82, 2.24) is 5.32 Å². The normalized spacial score (nSPS) is 18.1. The van der Waals surface area contributed by atoms with Gasteiger partial charge in [-0.05, 0) is 31.5 Å². The summed E-state index contributed by atoms with van der Waals surface area (Å²) < 4.78 is 10.5. The van der Waals surface area contributed by atoms with Crippen LogP contribution in [0.2, 0.25) is 0 Å². The van der Waals surface area contributed by atoms with Crippen molar-refractivity contribution in [2.75, 3.05) is 13.3 Å². The van der Waals surface area contributed by atoms with Gasteiger partial charge in [-0.15, -0.1) is 0 Å². The number of benzene rings is 1. The van der Waals surface area contributed by atoms with Gasteiger partial charge in [-0.1, -0.05) is 13.8 Å². The molecule has 0 spiro atoms. The predicted molar refractivity (Wildman–Crippen MR) is 79.1 cm³/mol. The lowest BCUT2D eigenvalue weighted by Crippen LogP contribution is -2.41. The van der Waals surface area contributed by atoms with Gasteiger partial charge in [-0.25, -0.2) is 0 Å². The van der Waals surface area contributed by atoms with Crippen LogP contribution in [0.1, 0.15) is 43.1 Å². The lowest BCUT2D eigenvalue weighted by atomic mass is 9.82. The summed E-state index contributed by atoms with van der Waals surface area (Å²) in [5.41, 5.74) is 1.13. The van der Waals surface area contributed by atoms with Crippen LogP contribution >= 0.6 is 0 Å². The molecule has 1 aromatic carbocycles. The van der Waals surface area contributed by atoms with E-state index in [4.69, 9.17) is 9.47 Å². The molecular formula is C16H23NO4. The number of aliphatic hydroxyl groups is 1. The molecule has 0 unspecified atom stereocenters. The number of rotatable bonds is 5. The summed E-state index contributed by atoms with van der Waals surface area (Å²) in [6.45, 7) is 6.87. The highest BCUT2D eigenvalue weighted by molar-refractivity contribution is 5.94. The number of carbonyl (C=O) groups excluding carboxylic acids is 1. The molecule has 0 radical (unpaired) electrons. The summed E-state index contributed by atoms with van der Waals surface area (Å²) >= 11 is 0. The first kappa shape index (κ1) is 15.8. The molecule has 1 aliphatic heterocycles. The predicted octanol–water partition coefficient (Wildman–Crippen LogP) is 2.08. The van der Waals surface area contributed by atoms with Crippen LogP contribution in [0.5, 0.6) is 5.75 Å². The average Bonchev–Trinajstić information content (AvgIpc) is 2.51. The number of nitrogens with one attached hydrogen (secondary N) is 1. The van der Waals surface area contributed by atoms with Crippen LogP contribution in [0, 0.1) is 5.41 Å². The van der Waals surface area contributed by atoms with Crippen LogP contribution < -0.4 is 10.1 Å². The van der Waals surface area contributed by atoms with E-state index in [1.807, 2.05) is 13.8 Å². The Morgan fingerprint density at radius 3 is 2.95 bits per heavy atom. The first-order valence-corrected chi connectivity index (χ1v) is 7.26. The largest absolute Gasteiger partial charge is 0.467 e. The molecule has 1 aliphatic rings. The first-order valence-electron chi connectivity index (χ1n) is 7.26. The van der Waals surface area contributed by atoms with Gasteiger partial charge < -0.3 is 19.9 Å². The smallest absolute Gasteiger partial charge is 0.251 e. The molecule has 5 nitrogen and oxygen atoms in total. The minimum absolute atomic E-state index is 0.149. The van der Waals surface area contributed by atoms with Crippen molar-refractivity contribution in [2.24, 2.45) is 5.41 Å². The fourth-order valence-electron chi connectivity index (χ4n) is 2.18. The maximum atomic E-state index is 12.2. The summed E-state index contributed by atoms with van der Waals surface area (Å²) in [5, 5.41) is 12.7. The van der Waals surface area contributed by atoms with Gasteiger partial charge in [-0.3, -0.25) is 4.79 Å². The summed E-state index contributed by atoms with van der Waals surface area (Å²) in [6, 6.07) is 5.32. The van der Waals surface area contributed by atoms with Crippen LogP contribution in [0.25, 0.3) is 0 Å². The molecule has 0 fully saturated rings. The fourth-order valence-corrected chi connectivity index (χ4v) is 2.18. The molecular weight excluding hydrogens is 270 g/mol. The molecule has 1 heterocycles. The summed E-state index contributed by atoms with van der Waals surface area (Å²) in [6.07, 6.45) is 0.310. The van der Waals surface area contributed by atoms with E-state index in [1.165, 1.54) is 0 Å². The molecule has 21 heavy (non-hydrogen) atoms.